The summed E-state index contributed by atoms with van der Waals surface area (Å²) in [6.07, 6.45) is 2.59. The number of unbranched alkanes of at least 4 members (excludes halogenated alkanes) is 1. The Hall–Kier alpha value is -4.47. The fourth-order valence-corrected chi connectivity index (χ4v) is 4.12. The number of H-pyrrole nitrogens is 1. The molecule has 0 saturated carbocycles. The highest BCUT2D eigenvalue weighted by Gasteiger charge is 2.16. The molecule has 36 heavy (non-hydrogen) atoms. The van der Waals surface area contributed by atoms with Gasteiger partial charge in [0.1, 0.15) is 11.7 Å². The molecule has 0 amide bonds. The summed E-state index contributed by atoms with van der Waals surface area (Å²) >= 11 is 0. The first kappa shape index (κ1) is 24.6. The zero-order valence-electron chi connectivity index (χ0n) is 20.2. The van der Waals surface area contributed by atoms with Crippen LogP contribution in [-0.4, -0.2) is 30.7 Å². The number of aromatic nitrogens is 4. The Kier molecular flexibility index (Phi) is 7.43. The van der Waals surface area contributed by atoms with E-state index in [2.05, 4.69) is 26.7 Å². The number of hydrogen-bond acceptors (Lipinski definition) is 7. The fourth-order valence-electron chi connectivity index (χ4n) is 4.12. The number of nitrogens with two attached hydrogens (primary N) is 1. The van der Waals surface area contributed by atoms with Crippen LogP contribution in [0.3, 0.4) is 0 Å². The maximum atomic E-state index is 13.4. The van der Waals surface area contributed by atoms with E-state index in [0.717, 1.165) is 35.1 Å². The van der Waals surface area contributed by atoms with E-state index >= 15 is 0 Å². The van der Waals surface area contributed by atoms with E-state index in [9.17, 15) is 9.59 Å². The Morgan fingerprint density at radius 1 is 1.14 bits per heavy atom. The lowest BCUT2D eigenvalue weighted by molar-refractivity contribution is 0.317. The molecule has 0 aliphatic carbocycles. The molecule has 10 heteroatoms. The van der Waals surface area contributed by atoms with Crippen LogP contribution in [0.1, 0.15) is 42.4 Å². The van der Waals surface area contributed by atoms with E-state index < -0.39 is 5.76 Å². The van der Waals surface area contributed by atoms with E-state index in [1.54, 1.807) is 11.5 Å². The predicted octanol–water partition coefficient (Wildman–Crippen LogP) is 3.24. The summed E-state index contributed by atoms with van der Waals surface area (Å²) in [6.45, 7) is 4.20. The van der Waals surface area contributed by atoms with Gasteiger partial charge in [-0.2, -0.15) is 0 Å². The van der Waals surface area contributed by atoms with Gasteiger partial charge in [0, 0.05) is 29.7 Å². The number of amidine groups is 1. The Bertz CT molecular complexity index is 1500. The second-order valence-corrected chi connectivity index (χ2v) is 8.54. The van der Waals surface area contributed by atoms with Gasteiger partial charge in [-0.05, 0) is 30.0 Å². The predicted molar refractivity (Wildman–Crippen MR) is 136 cm³/mol. The van der Waals surface area contributed by atoms with Crippen LogP contribution < -0.4 is 17.0 Å². The SMILES string of the molecule is CCCCc1nc(C)c(C/C(N)=N/O)c(=O)n1Cc1ccc(-c2ccccc2-c2noc(=O)[nH]2)cc1. The highest BCUT2D eigenvalue weighted by Crippen LogP contribution is 2.30. The van der Waals surface area contributed by atoms with Crippen molar-refractivity contribution in [1.29, 1.82) is 0 Å². The Morgan fingerprint density at radius 3 is 2.50 bits per heavy atom. The van der Waals surface area contributed by atoms with Gasteiger partial charge in [-0.1, -0.05) is 72.2 Å². The number of oxime groups is 1. The van der Waals surface area contributed by atoms with E-state index in [-0.39, 0.29) is 17.8 Å². The maximum Gasteiger partial charge on any atom is 0.439 e. The number of aryl methyl sites for hydroxylation is 2. The van der Waals surface area contributed by atoms with Gasteiger partial charge >= 0.3 is 5.76 Å². The quantitative estimate of drug-likeness (QED) is 0.141. The topological polar surface area (TPSA) is 152 Å². The average Bonchev–Trinajstić information content (AvgIpc) is 3.33. The molecule has 0 atom stereocenters. The standard InChI is InChI=1S/C26H28N6O4/c1-3-4-9-23-28-16(2)21(14-22(27)30-35)25(33)32(23)15-17-10-12-18(13-11-17)19-7-5-6-8-20(19)24-29-26(34)36-31-24/h5-8,10-13,35H,3-4,9,14-15H2,1-2H3,(H2,27,30)(H,29,31,34). The minimum absolute atomic E-state index is 0.0298. The molecule has 186 valence electrons. The third-order valence-electron chi connectivity index (χ3n) is 6.02. The second-order valence-electron chi connectivity index (χ2n) is 8.54. The molecule has 0 spiro atoms. The summed E-state index contributed by atoms with van der Waals surface area (Å²) < 4.78 is 6.34. The number of benzene rings is 2. The molecule has 4 rings (SSSR count). The van der Waals surface area contributed by atoms with Crippen molar-refractivity contribution in [2.45, 2.75) is 46.1 Å². The van der Waals surface area contributed by atoms with E-state index in [1.807, 2.05) is 48.5 Å². The number of aromatic amines is 1. The largest absolute Gasteiger partial charge is 0.439 e. The molecule has 0 aliphatic heterocycles. The lowest BCUT2D eigenvalue weighted by Crippen LogP contribution is -2.32. The van der Waals surface area contributed by atoms with Gasteiger partial charge in [0.15, 0.2) is 5.82 Å². The highest BCUT2D eigenvalue weighted by atomic mass is 16.5. The second kappa shape index (κ2) is 10.9. The van der Waals surface area contributed by atoms with E-state index in [1.165, 1.54) is 0 Å². The minimum Gasteiger partial charge on any atom is -0.409 e. The number of nitrogens with zero attached hydrogens (tertiary/aromatic N) is 4. The van der Waals surface area contributed by atoms with Gasteiger partial charge in [-0.3, -0.25) is 18.9 Å². The molecule has 2 aromatic carbocycles. The molecule has 0 radical (unpaired) electrons. The van der Waals surface area contributed by atoms with Crippen molar-refractivity contribution in [2.24, 2.45) is 10.9 Å². The van der Waals surface area contributed by atoms with Gasteiger partial charge < -0.3 is 10.9 Å². The summed E-state index contributed by atoms with van der Waals surface area (Å²) in [5.41, 5.74) is 9.97. The highest BCUT2D eigenvalue weighted by molar-refractivity contribution is 5.82. The summed E-state index contributed by atoms with van der Waals surface area (Å²) in [5, 5.41) is 15.8. The lowest BCUT2D eigenvalue weighted by atomic mass is 9.98. The first-order chi connectivity index (χ1) is 17.4. The van der Waals surface area contributed by atoms with Gasteiger partial charge in [0.2, 0.25) is 0 Å². The molecule has 0 unspecified atom stereocenters. The molecule has 0 fully saturated rings. The average molecular weight is 489 g/mol. The molecular weight excluding hydrogens is 460 g/mol. The molecule has 10 nitrogen and oxygen atoms in total. The van der Waals surface area contributed by atoms with Gasteiger partial charge in [0.25, 0.3) is 5.56 Å². The van der Waals surface area contributed by atoms with Crippen LogP contribution in [0.5, 0.6) is 0 Å². The molecule has 4 N–H and O–H groups in total. The van der Waals surface area contributed by atoms with Crippen LogP contribution in [0.15, 0.2) is 67.8 Å². The smallest absolute Gasteiger partial charge is 0.409 e. The van der Waals surface area contributed by atoms with Crippen molar-refractivity contribution >= 4 is 5.84 Å². The van der Waals surface area contributed by atoms with Crippen molar-refractivity contribution in [3.8, 4) is 22.5 Å². The molecule has 0 bridgehead atoms. The van der Waals surface area contributed by atoms with Crippen LogP contribution in [-0.2, 0) is 19.4 Å². The Morgan fingerprint density at radius 2 is 1.86 bits per heavy atom. The summed E-state index contributed by atoms with van der Waals surface area (Å²) in [4.78, 5) is 32.1. The van der Waals surface area contributed by atoms with Gasteiger partial charge in [0.05, 0.1) is 6.54 Å². The van der Waals surface area contributed by atoms with Crippen LogP contribution in [0.25, 0.3) is 22.5 Å². The summed E-state index contributed by atoms with van der Waals surface area (Å²) in [6, 6.07) is 15.4. The first-order valence-electron chi connectivity index (χ1n) is 11.7. The Labute approximate surface area is 207 Å². The van der Waals surface area contributed by atoms with Crippen molar-refractivity contribution < 1.29 is 9.73 Å². The van der Waals surface area contributed by atoms with Crippen LogP contribution in [0.4, 0.5) is 0 Å². The van der Waals surface area contributed by atoms with Crippen molar-refractivity contribution in [3.05, 3.63) is 92.1 Å². The molecule has 0 aliphatic rings. The Balaban J connectivity index is 1.69. The van der Waals surface area contributed by atoms with Crippen LogP contribution in [0, 0.1) is 6.92 Å². The lowest BCUT2D eigenvalue weighted by Gasteiger charge is -2.16. The fraction of sp³-hybridized carbons (Fsp3) is 0.269. The number of nitrogens with one attached hydrogen (secondary N) is 1. The summed E-state index contributed by atoms with van der Waals surface area (Å²) in [7, 11) is 0. The number of hydrogen-bond donors (Lipinski definition) is 3. The molecule has 2 heterocycles. The molecule has 0 saturated heterocycles. The first-order valence-corrected chi connectivity index (χ1v) is 11.7. The van der Waals surface area contributed by atoms with Crippen LogP contribution >= 0.6 is 0 Å². The molecule has 4 aromatic rings. The number of rotatable bonds is 9. The van der Waals surface area contributed by atoms with Gasteiger partial charge in [-0.25, -0.2) is 9.78 Å². The minimum atomic E-state index is -0.613. The monoisotopic (exact) mass is 488 g/mol. The van der Waals surface area contributed by atoms with Crippen LogP contribution in [0.2, 0.25) is 0 Å². The van der Waals surface area contributed by atoms with E-state index in [0.29, 0.717) is 35.9 Å². The third-order valence-corrected chi connectivity index (χ3v) is 6.02. The summed E-state index contributed by atoms with van der Waals surface area (Å²) in [5.74, 6) is 0.418. The third kappa shape index (κ3) is 5.27. The molecular formula is C26H28N6O4. The normalized spacial score (nSPS) is 11.7. The van der Waals surface area contributed by atoms with Crippen molar-refractivity contribution in [3.63, 3.8) is 0 Å². The molecule has 2 aromatic heterocycles. The zero-order chi connectivity index (χ0) is 25.7. The zero-order valence-corrected chi connectivity index (χ0v) is 20.2. The van der Waals surface area contributed by atoms with Gasteiger partial charge in [-0.15, -0.1) is 0 Å². The maximum absolute atomic E-state index is 13.4. The van der Waals surface area contributed by atoms with Crippen molar-refractivity contribution in [2.75, 3.05) is 0 Å². The van der Waals surface area contributed by atoms with Crippen molar-refractivity contribution in [1.82, 2.24) is 19.7 Å². The van der Waals surface area contributed by atoms with E-state index in [4.69, 9.17) is 15.9 Å².